The van der Waals surface area contributed by atoms with Crippen molar-refractivity contribution >= 4 is 5.78 Å². The molecule has 0 spiro atoms. The molecule has 1 heteroatoms. The van der Waals surface area contributed by atoms with Gasteiger partial charge in [0.1, 0.15) is 5.78 Å². The van der Waals surface area contributed by atoms with Crippen molar-refractivity contribution in [1.29, 1.82) is 0 Å². The lowest BCUT2D eigenvalue weighted by Gasteiger charge is -2.24. The summed E-state index contributed by atoms with van der Waals surface area (Å²) in [4.78, 5) is 11.5. The van der Waals surface area contributed by atoms with Gasteiger partial charge in [0.25, 0.3) is 0 Å². The summed E-state index contributed by atoms with van der Waals surface area (Å²) in [6, 6.07) is 0. The van der Waals surface area contributed by atoms with E-state index in [4.69, 9.17) is 0 Å². The Morgan fingerprint density at radius 2 is 2.33 bits per heavy atom. The zero-order valence-corrected chi connectivity index (χ0v) is 7.88. The van der Waals surface area contributed by atoms with Crippen molar-refractivity contribution in [1.82, 2.24) is 0 Å². The molecule has 1 aliphatic rings. The predicted octanol–water partition coefficient (Wildman–Crippen LogP) is 2.96. The predicted molar refractivity (Wildman–Crippen MR) is 50.9 cm³/mol. The van der Waals surface area contributed by atoms with Gasteiger partial charge in [0.15, 0.2) is 0 Å². The summed E-state index contributed by atoms with van der Waals surface area (Å²) in [5.41, 5.74) is 0. The molecule has 1 fully saturated rings. The van der Waals surface area contributed by atoms with Crippen LogP contribution in [-0.4, -0.2) is 5.78 Å². The molecule has 68 valence electrons. The first-order valence-corrected chi connectivity index (χ1v) is 4.93. The van der Waals surface area contributed by atoms with E-state index >= 15 is 0 Å². The van der Waals surface area contributed by atoms with E-state index in [0.29, 0.717) is 17.6 Å². The SMILES string of the molecule is C=C[C@@H]1CC[C@H](CCC)C(=O)C1. The van der Waals surface area contributed by atoms with Gasteiger partial charge in [0, 0.05) is 12.3 Å². The summed E-state index contributed by atoms with van der Waals surface area (Å²) in [5, 5.41) is 0. The Morgan fingerprint density at radius 3 is 2.83 bits per heavy atom. The van der Waals surface area contributed by atoms with Crippen molar-refractivity contribution in [2.45, 2.75) is 39.0 Å². The summed E-state index contributed by atoms with van der Waals surface area (Å²) in [6.07, 6.45) is 7.15. The Kier molecular flexibility index (Phi) is 3.51. The van der Waals surface area contributed by atoms with Crippen LogP contribution in [0.3, 0.4) is 0 Å². The Morgan fingerprint density at radius 1 is 1.58 bits per heavy atom. The maximum Gasteiger partial charge on any atom is 0.136 e. The summed E-state index contributed by atoms with van der Waals surface area (Å²) >= 11 is 0. The maximum absolute atomic E-state index is 11.5. The molecule has 1 nitrogen and oxygen atoms in total. The second kappa shape index (κ2) is 4.44. The summed E-state index contributed by atoms with van der Waals surface area (Å²) in [6.45, 7) is 5.88. The van der Waals surface area contributed by atoms with E-state index in [1.807, 2.05) is 6.08 Å². The molecule has 12 heavy (non-hydrogen) atoms. The Balaban J connectivity index is 2.42. The summed E-state index contributed by atoms with van der Waals surface area (Å²) < 4.78 is 0. The fourth-order valence-electron chi connectivity index (χ4n) is 1.96. The number of allylic oxidation sites excluding steroid dienone is 1. The van der Waals surface area contributed by atoms with Crippen LogP contribution in [0.4, 0.5) is 0 Å². The van der Waals surface area contributed by atoms with Crippen LogP contribution >= 0.6 is 0 Å². The summed E-state index contributed by atoms with van der Waals surface area (Å²) in [5.74, 6) is 1.30. The quantitative estimate of drug-likeness (QED) is 0.589. The third-order valence-electron chi connectivity index (χ3n) is 2.78. The van der Waals surface area contributed by atoms with Gasteiger partial charge in [-0.3, -0.25) is 4.79 Å². The van der Waals surface area contributed by atoms with Gasteiger partial charge in [-0.15, -0.1) is 6.58 Å². The molecule has 1 rings (SSSR count). The monoisotopic (exact) mass is 166 g/mol. The largest absolute Gasteiger partial charge is 0.299 e. The van der Waals surface area contributed by atoms with Gasteiger partial charge in [-0.25, -0.2) is 0 Å². The number of hydrogen-bond donors (Lipinski definition) is 0. The molecular formula is C11H18O. The van der Waals surface area contributed by atoms with E-state index < -0.39 is 0 Å². The highest BCUT2D eigenvalue weighted by atomic mass is 16.1. The van der Waals surface area contributed by atoms with Gasteiger partial charge in [-0.05, 0) is 25.2 Å². The van der Waals surface area contributed by atoms with Gasteiger partial charge in [0.2, 0.25) is 0 Å². The first kappa shape index (κ1) is 9.50. The van der Waals surface area contributed by atoms with E-state index in [9.17, 15) is 4.79 Å². The number of Topliss-reactive ketones (excluding diaryl/α,β-unsaturated/α-hetero) is 1. The Hall–Kier alpha value is -0.590. The molecule has 0 aliphatic heterocycles. The van der Waals surface area contributed by atoms with Crippen molar-refractivity contribution in [3.8, 4) is 0 Å². The van der Waals surface area contributed by atoms with Crippen LogP contribution in [0.2, 0.25) is 0 Å². The first-order chi connectivity index (χ1) is 5.77. The van der Waals surface area contributed by atoms with E-state index in [-0.39, 0.29) is 0 Å². The first-order valence-electron chi connectivity index (χ1n) is 4.93. The van der Waals surface area contributed by atoms with Crippen molar-refractivity contribution < 1.29 is 4.79 Å². The molecule has 1 saturated carbocycles. The van der Waals surface area contributed by atoms with E-state index in [2.05, 4.69) is 13.5 Å². The van der Waals surface area contributed by atoms with Crippen molar-refractivity contribution in [2.24, 2.45) is 11.8 Å². The molecular weight excluding hydrogens is 148 g/mol. The van der Waals surface area contributed by atoms with Crippen LogP contribution in [0.25, 0.3) is 0 Å². The number of ketones is 1. The van der Waals surface area contributed by atoms with Crippen molar-refractivity contribution in [2.75, 3.05) is 0 Å². The topological polar surface area (TPSA) is 17.1 Å². The number of hydrogen-bond acceptors (Lipinski definition) is 1. The number of carbonyl (C=O) groups is 1. The molecule has 2 atom stereocenters. The average Bonchev–Trinajstić information content (AvgIpc) is 2.09. The average molecular weight is 166 g/mol. The van der Waals surface area contributed by atoms with Crippen LogP contribution in [0.5, 0.6) is 0 Å². The maximum atomic E-state index is 11.5. The molecule has 0 N–H and O–H groups in total. The van der Waals surface area contributed by atoms with Gasteiger partial charge >= 0.3 is 0 Å². The van der Waals surface area contributed by atoms with Crippen molar-refractivity contribution in [3.05, 3.63) is 12.7 Å². The summed E-state index contributed by atoms with van der Waals surface area (Å²) in [7, 11) is 0. The lowest BCUT2D eigenvalue weighted by Crippen LogP contribution is -2.23. The fraction of sp³-hybridized carbons (Fsp3) is 0.727. The van der Waals surface area contributed by atoms with Gasteiger partial charge in [0.05, 0.1) is 0 Å². The lowest BCUT2D eigenvalue weighted by atomic mass is 9.79. The van der Waals surface area contributed by atoms with Gasteiger partial charge in [-0.1, -0.05) is 19.4 Å². The smallest absolute Gasteiger partial charge is 0.136 e. The van der Waals surface area contributed by atoms with Crippen LogP contribution in [-0.2, 0) is 4.79 Å². The van der Waals surface area contributed by atoms with Crippen LogP contribution < -0.4 is 0 Å². The van der Waals surface area contributed by atoms with Gasteiger partial charge < -0.3 is 0 Å². The molecule has 0 heterocycles. The van der Waals surface area contributed by atoms with Gasteiger partial charge in [-0.2, -0.15) is 0 Å². The minimum atomic E-state index is 0.367. The Labute approximate surface area is 74.9 Å². The molecule has 0 aromatic rings. The third-order valence-corrected chi connectivity index (χ3v) is 2.78. The minimum absolute atomic E-state index is 0.367. The molecule has 0 amide bonds. The number of carbonyl (C=O) groups excluding carboxylic acids is 1. The minimum Gasteiger partial charge on any atom is -0.299 e. The van der Waals surface area contributed by atoms with E-state index in [0.717, 1.165) is 25.7 Å². The fourth-order valence-corrected chi connectivity index (χ4v) is 1.96. The van der Waals surface area contributed by atoms with Crippen LogP contribution in [0, 0.1) is 11.8 Å². The standard InChI is InChI=1S/C11H18O/c1-3-5-10-7-6-9(4-2)8-11(10)12/h4,9-10H,2-3,5-8H2,1H3/t9-,10+/m1/s1. The highest BCUT2D eigenvalue weighted by molar-refractivity contribution is 5.82. The second-order valence-electron chi connectivity index (χ2n) is 3.73. The third kappa shape index (κ3) is 2.20. The second-order valence-corrected chi connectivity index (χ2v) is 3.73. The molecule has 0 aromatic carbocycles. The molecule has 0 radical (unpaired) electrons. The lowest BCUT2D eigenvalue weighted by molar-refractivity contribution is -0.125. The highest BCUT2D eigenvalue weighted by Gasteiger charge is 2.25. The van der Waals surface area contributed by atoms with E-state index in [1.54, 1.807) is 0 Å². The van der Waals surface area contributed by atoms with Crippen molar-refractivity contribution in [3.63, 3.8) is 0 Å². The van der Waals surface area contributed by atoms with E-state index in [1.165, 1.54) is 6.42 Å². The highest BCUT2D eigenvalue weighted by Crippen LogP contribution is 2.29. The Bertz CT molecular complexity index is 172. The molecule has 0 unspecified atom stereocenters. The zero-order valence-electron chi connectivity index (χ0n) is 7.88. The van der Waals surface area contributed by atoms with Crippen LogP contribution in [0.15, 0.2) is 12.7 Å². The molecule has 0 aromatic heterocycles. The molecule has 0 saturated heterocycles. The number of rotatable bonds is 3. The van der Waals surface area contributed by atoms with Crippen LogP contribution in [0.1, 0.15) is 39.0 Å². The molecule has 0 bridgehead atoms. The zero-order chi connectivity index (χ0) is 8.97. The molecule has 1 aliphatic carbocycles. The normalized spacial score (nSPS) is 30.2.